The van der Waals surface area contributed by atoms with E-state index in [1.165, 1.54) is 0 Å². The molecule has 2 N–H and O–H groups in total. The van der Waals surface area contributed by atoms with Gasteiger partial charge in [0.15, 0.2) is 5.82 Å². The molecule has 0 fully saturated rings. The Balaban J connectivity index is 1.65. The second kappa shape index (κ2) is 6.21. The van der Waals surface area contributed by atoms with Crippen LogP contribution in [0.3, 0.4) is 0 Å². The van der Waals surface area contributed by atoms with Gasteiger partial charge in [0.25, 0.3) is 0 Å². The first kappa shape index (κ1) is 14.6. The Bertz CT molecular complexity index is 632. The van der Waals surface area contributed by atoms with Gasteiger partial charge >= 0.3 is 6.03 Å². The number of fused-ring (bicyclic) bond motifs is 1. The third-order valence-corrected chi connectivity index (χ3v) is 3.87. The lowest BCUT2D eigenvalue weighted by Crippen LogP contribution is -2.40. The standard InChI is InChI=1S/C15H21N5O2/c1-10(2)13(14-19-18-12-6-3-7-20(12)14)17-15(21)16-9-11-5-4-8-22-11/h4-5,8,10,13H,3,6-7,9H2,1-2H3,(H2,16,17,21)/t13-/m0/s1. The molecule has 2 aromatic rings. The van der Waals surface area contributed by atoms with E-state index >= 15 is 0 Å². The van der Waals surface area contributed by atoms with Crippen LogP contribution in [0.2, 0.25) is 0 Å². The Kier molecular flexibility index (Phi) is 4.13. The fraction of sp³-hybridized carbons (Fsp3) is 0.533. The molecule has 1 aliphatic heterocycles. The zero-order valence-electron chi connectivity index (χ0n) is 12.9. The van der Waals surface area contributed by atoms with Crippen LogP contribution in [0.4, 0.5) is 4.79 Å². The van der Waals surface area contributed by atoms with E-state index in [0.717, 1.165) is 36.8 Å². The number of carbonyl (C=O) groups excluding carboxylic acids is 1. The molecule has 0 aliphatic carbocycles. The molecule has 0 unspecified atom stereocenters. The first-order valence-electron chi connectivity index (χ1n) is 7.64. The van der Waals surface area contributed by atoms with Crippen LogP contribution < -0.4 is 10.6 Å². The van der Waals surface area contributed by atoms with E-state index < -0.39 is 0 Å². The van der Waals surface area contributed by atoms with Gasteiger partial charge in [0.1, 0.15) is 11.6 Å². The summed E-state index contributed by atoms with van der Waals surface area (Å²) in [7, 11) is 0. The quantitative estimate of drug-likeness (QED) is 0.885. The van der Waals surface area contributed by atoms with Crippen molar-refractivity contribution in [3.05, 3.63) is 35.8 Å². The van der Waals surface area contributed by atoms with E-state index in [1.807, 2.05) is 6.07 Å². The average Bonchev–Trinajstić information content (AvgIpc) is 3.19. The molecule has 7 nitrogen and oxygen atoms in total. The van der Waals surface area contributed by atoms with Gasteiger partial charge in [-0.3, -0.25) is 0 Å². The molecule has 0 bridgehead atoms. The number of aryl methyl sites for hydroxylation is 1. The van der Waals surface area contributed by atoms with Crippen LogP contribution in [0, 0.1) is 5.92 Å². The number of rotatable bonds is 5. The van der Waals surface area contributed by atoms with Crippen LogP contribution >= 0.6 is 0 Å². The third kappa shape index (κ3) is 2.98. The fourth-order valence-electron chi connectivity index (χ4n) is 2.71. The molecular weight excluding hydrogens is 282 g/mol. The van der Waals surface area contributed by atoms with Crippen molar-refractivity contribution in [3.8, 4) is 0 Å². The SMILES string of the molecule is CC(C)[C@H](NC(=O)NCc1ccco1)c1nnc2n1CCC2. The highest BCUT2D eigenvalue weighted by molar-refractivity contribution is 5.74. The number of nitrogens with zero attached hydrogens (tertiary/aromatic N) is 3. The number of amides is 2. The minimum absolute atomic E-state index is 0.157. The first-order valence-corrected chi connectivity index (χ1v) is 7.64. The van der Waals surface area contributed by atoms with E-state index in [2.05, 4.69) is 39.2 Å². The van der Waals surface area contributed by atoms with Gasteiger partial charge in [0.2, 0.25) is 0 Å². The maximum atomic E-state index is 12.1. The smallest absolute Gasteiger partial charge is 0.315 e. The summed E-state index contributed by atoms with van der Waals surface area (Å²) in [6, 6.07) is 3.23. The number of urea groups is 1. The number of nitrogens with one attached hydrogen (secondary N) is 2. The molecule has 0 aromatic carbocycles. The number of hydrogen-bond acceptors (Lipinski definition) is 4. The summed E-state index contributed by atoms with van der Waals surface area (Å²) in [5.41, 5.74) is 0. The number of hydrogen-bond donors (Lipinski definition) is 2. The maximum Gasteiger partial charge on any atom is 0.315 e. The van der Waals surface area contributed by atoms with Gasteiger partial charge in [-0.05, 0) is 24.5 Å². The Hall–Kier alpha value is -2.31. The third-order valence-electron chi connectivity index (χ3n) is 3.87. The fourth-order valence-corrected chi connectivity index (χ4v) is 2.71. The molecule has 3 rings (SSSR count). The van der Waals surface area contributed by atoms with Crippen molar-refractivity contribution in [2.45, 2.75) is 45.8 Å². The summed E-state index contributed by atoms with van der Waals surface area (Å²) in [4.78, 5) is 12.1. The molecule has 3 heterocycles. The Morgan fingerprint density at radius 1 is 1.45 bits per heavy atom. The van der Waals surface area contributed by atoms with E-state index in [1.54, 1.807) is 12.3 Å². The molecule has 0 saturated heterocycles. The summed E-state index contributed by atoms with van der Waals surface area (Å²) >= 11 is 0. The van der Waals surface area contributed by atoms with Gasteiger partial charge in [-0.15, -0.1) is 10.2 Å². The van der Waals surface area contributed by atoms with Crippen LogP contribution in [0.25, 0.3) is 0 Å². The highest BCUT2D eigenvalue weighted by atomic mass is 16.3. The first-order chi connectivity index (χ1) is 10.6. The van der Waals surface area contributed by atoms with Gasteiger partial charge < -0.3 is 19.6 Å². The zero-order chi connectivity index (χ0) is 15.5. The van der Waals surface area contributed by atoms with Crippen LogP contribution in [0.15, 0.2) is 22.8 Å². The van der Waals surface area contributed by atoms with Gasteiger partial charge in [0, 0.05) is 13.0 Å². The predicted molar refractivity (Wildman–Crippen MR) is 80.0 cm³/mol. The molecule has 1 aliphatic rings. The molecule has 0 spiro atoms. The molecule has 7 heteroatoms. The van der Waals surface area contributed by atoms with Crippen LogP contribution in [-0.4, -0.2) is 20.8 Å². The van der Waals surface area contributed by atoms with Crippen molar-refractivity contribution in [1.29, 1.82) is 0 Å². The lowest BCUT2D eigenvalue weighted by atomic mass is 10.0. The summed E-state index contributed by atoms with van der Waals surface area (Å²) in [6.07, 6.45) is 3.64. The summed E-state index contributed by atoms with van der Waals surface area (Å²) in [6.45, 7) is 5.42. The normalized spacial score (nSPS) is 14.9. The van der Waals surface area contributed by atoms with Gasteiger partial charge in [-0.1, -0.05) is 13.8 Å². The summed E-state index contributed by atoms with van der Waals surface area (Å²) in [5, 5.41) is 14.3. The Morgan fingerprint density at radius 2 is 2.32 bits per heavy atom. The topological polar surface area (TPSA) is 85.0 Å². The van der Waals surface area contributed by atoms with Crippen LogP contribution in [0.5, 0.6) is 0 Å². The molecule has 1 atom stereocenters. The van der Waals surface area contributed by atoms with Crippen LogP contribution in [-0.2, 0) is 19.5 Å². The lowest BCUT2D eigenvalue weighted by molar-refractivity contribution is 0.230. The number of furan rings is 1. The molecule has 2 amide bonds. The minimum atomic E-state index is -0.231. The summed E-state index contributed by atoms with van der Waals surface area (Å²) < 4.78 is 7.32. The highest BCUT2D eigenvalue weighted by Crippen LogP contribution is 2.24. The van der Waals surface area contributed by atoms with E-state index in [4.69, 9.17) is 4.42 Å². The predicted octanol–water partition coefficient (Wildman–Crippen LogP) is 2.01. The maximum absolute atomic E-state index is 12.1. The summed E-state index contributed by atoms with van der Waals surface area (Å²) in [5.74, 6) is 2.80. The van der Waals surface area contributed by atoms with Crippen molar-refractivity contribution in [2.24, 2.45) is 5.92 Å². The van der Waals surface area contributed by atoms with E-state index in [9.17, 15) is 4.79 Å². The second-order valence-electron chi connectivity index (χ2n) is 5.86. The second-order valence-corrected chi connectivity index (χ2v) is 5.86. The van der Waals surface area contributed by atoms with Crippen LogP contribution in [0.1, 0.15) is 43.7 Å². The highest BCUT2D eigenvalue weighted by Gasteiger charge is 2.27. The molecular formula is C15H21N5O2. The molecule has 0 radical (unpaired) electrons. The van der Waals surface area contributed by atoms with E-state index in [0.29, 0.717) is 6.54 Å². The average molecular weight is 303 g/mol. The molecule has 22 heavy (non-hydrogen) atoms. The van der Waals surface area contributed by atoms with Crippen molar-refractivity contribution in [3.63, 3.8) is 0 Å². The van der Waals surface area contributed by atoms with Gasteiger partial charge in [-0.25, -0.2) is 4.79 Å². The van der Waals surface area contributed by atoms with Crippen molar-refractivity contribution < 1.29 is 9.21 Å². The van der Waals surface area contributed by atoms with Crippen molar-refractivity contribution in [2.75, 3.05) is 0 Å². The molecule has 0 saturated carbocycles. The molecule has 118 valence electrons. The zero-order valence-corrected chi connectivity index (χ0v) is 12.9. The monoisotopic (exact) mass is 303 g/mol. The van der Waals surface area contributed by atoms with Crippen molar-refractivity contribution >= 4 is 6.03 Å². The number of aromatic nitrogens is 3. The largest absolute Gasteiger partial charge is 0.467 e. The van der Waals surface area contributed by atoms with Gasteiger partial charge in [0.05, 0.1) is 18.8 Å². The Labute approximate surface area is 129 Å². The number of carbonyl (C=O) groups is 1. The Morgan fingerprint density at radius 3 is 3.05 bits per heavy atom. The van der Waals surface area contributed by atoms with Crippen molar-refractivity contribution in [1.82, 2.24) is 25.4 Å². The minimum Gasteiger partial charge on any atom is -0.467 e. The lowest BCUT2D eigenvalue weighted by Gasteiger charge is -2.22. The van der Waals surface area contributed by atoms with Gasteiger partial charge in [-0.2, -0.15) is 0 Å². The van der Waals surface area contributed by atoms with E-state index in [-0.39, 0.29) is 18.0 Å². The molecule has 2 aromatic heterocycles.